The van der Waals surface area contributed by atoms with E-state index in [2.05, 4.69) is 37.5 Å². The molecule has 3 unspecified atom stereocenters. The second-order valence-electron chi connectivity index (χ2n) is 5.47. The normalized spacial score (nSPS) is 23.0. The van der Waals surface area contributed by atoms with Gasteiger partial charge in [0.2, 0.25) is 5.88 Å². The molecule has 0 radical (unpaired) electrons. The monoisotopic (exact) mass is 413 g/mol. The lowest BCUT2D eigenvalue weighted by atomic mass is 10.0. The highest BCUT2D eigenvalue weighted by atomic mass is 127. The number of methoxy groups -OCH3 is 1. The number of alkyl halides is 1. The highest BCUT2D eigenvalue weighted by molar-refractivity contribution is 14.1. The van der Waals surface area contributed by atoms with Gasteiger partial charge >= 0.3 is 0 Å². The highest BCUT2D eigenvalue weighted by Gasteiger charge is 2.36. The zero-order valence-corrected chi connectivity index (χ0v) is 14.6. The summed E-state index contributed by atoms with van der Waals surface area (Å²) < 4.78 is 5.55. The predicted molar refractivity (Wildman–Crippen MR) is 96.4 cm³/mol. The summed E-state index contributed by atoms with van der Waals surface area (Å²) >= 11 is 2.46. The van der Waals surface area contributed by atoms with E-state index in [4.69, 9.17) is 16.2 Å². The standard InChI is InChI=1S/C15H20IN5O/c1-22-13-3-2-11-14(20-13)12(4-6-19-11)21-7-5-9(15(21)16)10(18)8-17/h2-4,6,9-10,15H,5,7-8,17-18H2,1H3. The Morgan fingerprint density at radius 3 is 3.00 bits per heavy atom. The maximum absolute atomic E-state index is 6.16. The Kier molecular flexibility index (Phi) is 4.65. The molecule has 1 fully saturated rings. The minimum Gasteiger partial charge on any atom is -0.481 e. The molecule has 0 spiro atoms. The lowest BCUT2D eigenvalue weighted by Crippen LogP contribution is -2.42. The van der Waals surface area contributed by atoms with Crippen molar-refractivity contribution >= 4 is 39.3 Å². The van der Waals surface area contributed by atoms with Gasteiger partial charge in [0, 0.05) is 37.3 Å². The first-order valence-electron chi connectivity index (χ1n) is 7.32. The molecule has 0 amide bonds. The molecule has 118 valence electrons. The van der Waals surface area contributed by atoms with Crippen LogP contribution < -0.4 is 21.1 Å². The minimum atomic E-state index is 0.0301. The molecule has 1 saturated heterocycles. The number of aromatic nitrogens is 2. The summed E-state index contributed by atoms with van der Waals surface area (Å²) in [5, 5.41) is 0. The van der Waals surface area contributed by atoms with Crippen molar-refractivity contribution in [3.63, 3.8) is 0 Å². The van der Waals surface area contributed by atoms with Gasteiger partial charge in [0.25, 0.3) is 0 Å². The van der Waals surface area contributed by atoms with Crippen LogP contribution in [0.25, 0.3) is 11.0 Å². The predicted octanol–water partition coefficient (Wildman–Crippen LogP) is 1.51. The molecule has 0 saturated carbocycles. The molecule has 3 rings (SSSR count). The number of nitrogens with zero attached hydrogens (tertiary/aromatic N) is 3. The molecule has 4 N–H and O–H groups in total. The number of hydrogen-bond acceptors (Lipinski definition) is 6. The van der Waals surface area contributed by atoms with Gasteiger partial charge < -0.3 is 21.1 Å². The molecule has 7 heteroatoms. The maximum atomic E-state index is 6.16. The van der Waals surface area contributed by atoms with Gasteiger partial charge in [0.15, 0.2) is 0 Å². The summed E-state index contributed by atoms with van der Waals surface area (Å²) in [6, 6.07) is 5.81. The first-order valence-corrected chi connectivity index (χ1v) is 8.56. The Balaban J connectivity index is 2.00. The molecule has 6 nitrogen and oxygen atoms in total. The van der Waals surface area contributed by atoms with E-state index in [1.54, 1.807) is 7.11 Å². The molecule has 2 aromatic heterocycles. The number of anilines is 1. The number of fused-ring (bicyclic) bond motifs is 1. The minimum absolute atomic E-state index is 0.0301. The van der Waals surface area contributed by atoms with E-state index in [0.29, 0.717) is 22.4 Å². The van der Waals surface area contributed by atoms with Crippen LogP contribution in [-0.4, -0.2) is 40.3 Å². The van der Waals surface area contributed by atoms with Crippen molar-refractivity contribution in [3.05, 3.63) is 24.4 Å². The third-order valence-electron chi connectivity index (χ3n) is 4.23. The van der Waals surface area contributed by atoms with Gasteiger partial charge in [0.1, 0.15) is 5.52 Å². The van der Waals surface area contributed by atoms with Crippen molar-refractivity contribution in [1.82, 2.24) is 9.97 Å². The summed E-state index contributed by atoms with van der Waals surface area (Å²) in [6.07, 6.45) is 2.87. The fraction of sp³-hybridized carbons (Fsp3) is 0.467. The number of rotatable bonds is 4. The summed E-state index contributed by atoms with van der Waals surface area (Å²) in [7, 11) is 1.62. The van der Waals surface area contributed by atoms with E-state index in [1.807, 2.05) is 24.4 Å². The van der Waals surface area contributed by atoms with Crippen LogP contribution in [0.2, 0.25) is 0 Å². The molecule has 22 heavy (non-hydrogen) atoms. The number of hydrogen-bond donors (Lipinski definition) is 2. The quantitative estimate of drug-likeness (QED) is 0.449. The van der Waals surface area contributed by atoms with E-state index < -0.39 is 0 Å². The van der Waals surface area contributed by atoms with Gasteiger partial charge in [-0.2, -0.15) is 0 Å². The van der Waals surface area contributed by atoms with Crippen LogP contribution in [0.15, 0.2) is 24.4 Å². The summed E-state index contributed by atoms with van der Waals surface area (Å²) in [5.41, 5.74) is 14.7. The number of halogens is 1. The molecule has 0 bridgehead atoms. The molecular formula is C15H20IN5O. The molecule has 3 atom stereocenters. The molecule has 1 aliphatic rings. The maximum Gasteiger partial charge on any atom is 0.213 e. The van der Waals surface area contributed by atoms with Crippen LogP contribution in [0.3, 0.4) is 0 Å². The molecule has 0 aromatic carbocycles. The van der Waals surface area contributed by atoms with Crippen LogP contribution in [0.5, 0.6) is 5.88 Å². The lowest BCUT2D eigenvalue weighted by Gasteiger charge is -2.28. The Bertz CT molecular complexity index is 667. The van der Waals surface area contributed by atoms with Gasteiger partial charge in [-0.15, -0.1) is 0 Å². The highest BCUT2D eigenvalue weighted by Crippen LogP contribution is 2.37. The number of pyridine rings is 2. The summed E-state index contributed by atoms with van der Waals surface area (Å²) in [5.74, 6) is 0.987. The Hall–Kier alpha value is -1.19. The Labute approximate surface area is 143 Å². The van der Waals surface area contributed by atoms with Gasteiger partial charge in [-0.25, -0.2) is 4.98 Å². The largest absolute Gasteiger partial charge is 0.481 e. The average Bonchev–Trinajstić information content (AvgIpc) is 2.94. The topological polar surface area (TPSA) is 90.3 Å². The third-order valence-corrected chi connectivity index (χ3v) is 5.83. The molecule has 0 aliphatic carbocycles. The molecular weight excluding hydrogens is 393 g/mol. The Morgan fingerprint density at radius 1 is 1.45 bits per heavy atom. The van der Waals surface area contributed by atoms with E-state index in [-0.39, 0.29) is 6.04 Å². The Morgan fingerprint density at radius 2 is 2.27 bits per heavy atom. The fourth-order valence-electron chi connectivity index (χ4n) is 2.97. The number of nitrogens with two attached hydrogens (primary N) is 2. The number of ether oxygens (including phenoxy) is 1. The van der Waals surface area contributed by atoms with Crippen molar-refractivity contribution in [2.24, 2.45) is 17.4 Å². The van der Waals surface area contributed by atoms with Crippen molar-refractivity contribution < 1.29 is 4.74 Å². The molecule has 1 aliphatic heterocycles. The van der Waals surface area contributed by atoms with Gasteiger partial charge in [0.05, 0.1) is 22.4 Å². The molecule has 2 aromatic rings. The first kappa shape index (κ1) is 15.7. The van der Waals surface area contributed by atoms with Crippen LogP contribution in [0.4, 0.5) is 5.69 Å². The second-order valence-corrected chi connectivity index (χ2v) is 6.75. The first-order chi connectivity index (χ1) is 10.7. The van der Waals surface area contributed by atoms with E-state index in [0.717, 1.165) is 29.7 Å². The van der Waals surface area contributed by atoms with Crippen LogP contribution in [-0.2, 0) is 0 Å². The lowest BCUT2D eigenvalue weighted by molar-refractivity contribution is 0.399. The van der Waals surface area contributed by atoms with Crippen molar-refractivity contribution in [2.75, 3.05) is 25.1 Å². The van der Waals surface area contributed by atoms with Crippen molar-refractivity contribution in [1.29, 1.82) is 0 Å². The van der Waals surface area contributed by atoms with E-state index in [9.17, 15) is 0 Å². The smallest absolute Gasteiger partial charge is 0.213 e. The van der Waals surface area contributed by atoms with Gasteiger partial charge in [-0.3, -0.25) is 4.98 Å². The van der Waals surface area contributed by atoms with Crippen molar-refractivity contribution in [2.45, 2.75) is 16.5 Å². The fourth-order valence-corrected chi connectivity index (χ4v) is 4.44. The SMILES string of the molecule is COc1ccc2nccc(N3CCC(C(N)CN)C3I)c2n1. The zero-order valence-electron chi connectivity index (χ0n) is 12.4. The average molecular weight is 413 g/mol. The third kappa shape index (κ3) is 2.72. The van der Waals surface area contributed by atoms with E-state index in [1.165, 1.54) is 0 Å². The van der Waals surface area contributed by atoms with Crippen LogP contribution in [0, 0.1) is 5.92 Å². The van der Waals surface area contributed by atoms with E-state index >= 15 is 0 Å². The van der Waals surface area contributed by atoms with Crippen molar-refractivity contribution in [3.8, 4) is 5.88 Å². The summed E-state index contributed by atoms with van der Waals surface area (Å²) in [4.78, 5) is 11.3. The van der Waals surface area contributed by atoms with Crippen LogP contribution >= 0.6 is 22.6 Å². The van der Waals surface area contributed by atoms with Gasteiger partial charge in [-0.1, -0.05) is 22.6 Å². The van der Waals surface area contributed by atoms with Gasteiger partial charge in [-0.05, 0) is 18.6 Å². The second kappa shape index (κ2) is 6.51. The molecule has 3 heterocycles. The summed E-state index contributed by atoms with van der Waals surface area (Å²) in [6.45, 7) is 1.46. The van der Waals surface area contributed by atoms with Crippen LogP contribution in [0.1, 0.15) is 6.42 Å². The zero-order chi connectivity index (χ0) is 15.7.